The van der Waals surface area contributed by atoms with E-state index in [9.17, 15) is 23.6 Å². The molecule has 35 heavy (non-hydrogen) atoms. The van der Waals surface area contributed by atoms with Gasteiger partial charge in [0.2, 0.25) is 17.7 Å². The molecule has 2 heterocycles. The third-order valence-electron chi connectivity index (χ3n) is 8.42. The van der Waals surface area contributed by atoms with Gasteiger partial charge in [0, 0.05) is 31.6 Å². The topological polar surface area (TPSA) is 108 Å². The zero-order chi connectivity index (χ0) is 25.2. The van der Waals surface area contributed by atoms with Crippen molar-refractivity contribution in [3.63, 3.8) is 0 Å². The lowest BCUT2D eigenvalue weighted by atomic mass is 9.39. The first kappa shape index (κ1) is 24.3. The summed E-state index contributed by atoms with van der Waals surface area (Å²) in [6, 6.07) is -1.19. The Morgan fingerprint density at radius 1 is 1.17 bits per heavy atom. The van der Waals surface area contributed by atoms with Gasteiger partial charge < -0.3 is 25.2 Å². The van der Waals surface area contributed by atoms with Crippen LogP contribution in [0.5, 0.6) is 0 Å². The maximum Gasteiger partial charge on any atom is 0.408 e. The van der Waals surface area contributed by atoms with Gasteiger partial charge in [0.25, 0.3) is 0 Å². The van der Waals surface area contributed by atoms with Gasteiger partial charge in [0.15, 0.2) is 0 Å². The number of alkyl carbamates (subject to hydrolysis) is 1. The third kappa shape index (κ3) is 4.27. The van der Waals surface area contributed by atoms with E-state index >= 15 is 0 Å². The number of hydrogen-bond donors (Lipinski definition) is 2. The summed E-state index contributed by atoms with van der Waals surface area (Å²) in [5.74, 6) is -0.380. The van der Waals surface area contributed by atoms with E-state index in [0.717, 1.165) is 13.0 Å². The molecule has 6 fully saturated rings. The normalized spacial score (nSPS) is 37.1. The van der Waals surface area contributed by atoms with E-state index in [0.29, 0.717) is 58.0 Å². The number of nitrogens with one attached hydrogen (secondary N) is 2. The standard InChI is InChI=1S/C25H37FN4O5/c1-23(2,3)35-22(34)28-25-12-24(13-25,14-25)21(33)30-17-11-15(10-16(17)26)19(30)20(32)27-7-5-9-29-8-4-6-18(29)31/h15-17,19H,4-14H2,1-3H3,(H,27,32)(H,28,34). The Morgan fingerprint density at radius 3 is 2.51 bits per heavy atom. The average Bonchev–Trinajstić information content (AvgIpc) is 3.38. The predicted molar refractivity (Wildman–Crippen MR) is 124 cm³/mol. The number of carbonyl (C=O) groups is 4. The van der Waals surface area contributed by atoms with Crippen molar-refractivity contribution in [2.45, 2.75) is 102 Å². The monoisotopic (exact) mass is 492 g/mol. The Labute approximate surface area is 205 Å². The highest BCUT2D eigenvalue weighted by Gasteiger charge is 2.74. The zero-order valence-electron chi connectivity index (χ0n) is 20.9. The first-order valence-electron chi connectivity index (χ1n) is 13.0. The fourth-order valence-electron chi connectivity index (χ4n) is 7.06. The number of nitrogens with zero attached hydrogens (tertiary/aromatic N) is 2. The van der Waals surface area contributed by atoms with Crippen LogP contribution < -0.4 is 10.6 Å². The number of alkyl halides is 1. The second kappa shape index (κ2) is 8.34. The van der Waals surface area contributed by atoms with Crippen LogP contribution in [0.4, 0.5) is 9.18 Å². The maximum atomic E-state index is 14.7. The van der Waals surface area contributed by atoms with Gasteiger partial charge in [-0.2, -0.15) is 0 Å². The van der Waals surface area contributed by atoms with Gasteiger partial charge in [-0.05, 0) is 71.6 Å². The predicted octanol–water partition coefficient (Wildman–Crippen LogP) is 1.89. The molecule has 0 aromatic carbocycles. The van der Waals surface area contributed by atoms with Crippen molar-refractivity contribution in [2.75, 3.05) is 19.6 Å². The molecule has 6 rings (SSSR count). The zero-order valence-corrected chi connectivity index (χ0v) is 20.9. The quantitative estimate of drug-likeness (QED) is 0.528. The number of ether oxygens (including phenoxy) is 1. The molecule has 4 amide bonds. The van der Waals surface area contributed by atoms with Crippen LogP contribution in [-0.4, -0.2) is 82.6 Å². The molecule has 0 aromatic heterocycles. The van der Waals surface area contributed by atoms with Crippen LogP contribution in [-0.2, 0) is 19.1 Å². The Balaban J connectivity index is 1.16. The largest absolute Gasteiger partial charge is 0.444 e. The van der Waals surface area contributed by atoms with Gasteiger partial charge in [-0.15, -0.1) is 0 Å². The molecular weight excluding hydrogens is 455 g/mol. The molecule has 0 radical (unpaired) electrons. The van der Waals surface area contributed by atoms with E-state index in [1.165, 1.54) is 4.90 Å². The lowest BCUT2D eigenvalue weighted by Crippen LogP contribution is -2.79. The summed E-state index contributed by atoms with van der Waals surface area (Å²) in [4.78, 5) is 54.0. The smallest absolute Gasteiger partial charge is 0.408 e. The van der Waals surface area contributed by atoms with Crippen molar-refractivity contribution in [3.8, 4) is 0 Å². The van der Waals surface area contributed by atoms with E-state index in [4.69, 9.17) is 4.74 Å². The fraction of sp³-hybridized carbons (Fsp3) is 0.840. The molecule has 194 valence electrons. The number of rotatable bonds is 7. The number of piperidine rings is 1. The molecule has 2 N–H and O–H groups in total. The van der Waals surface area contributed by atoms with Crippen molar-refractivity contribution in [2.24, 2.45) is 11.3 Å². The molecule has 2 saturated heterocycles. The molecule has 2 aliphatic heterocycles. The minimum atomic E-state index is -1.10. The first-order valence-corrected chi connectivity index (χ1v) is 13.0. The van der Waals surface area contributed by atoms with Crippen LogP contribution in [0.2, 0.25) is 0 Å². The van der Waals surface area contributed by atoms with Gasteiger partial charge in [0.1, 0.15) is 17.8 Å². The molecule has 0 spiro atoms. The second-order valence-corrected chi connectivity index (χ2v) is 12.3. The molecule has 4 aliphatic carbocycles. The molecule has 4 unspecified atom stereocenters. The minimum absolute atomic E-state index is 0.150. The molecule has 0 aromatic rings. The lowest BCUT2D eigenvalue weighted by Gasteiger charge is -2.69. The highest BCUT2D eigenvalue weighted by molar-refractivity contribution is 5.94. The summed E-state index contributed by atoms with van der Waals surface area (Å²) < 4.78 is 20.0. The SMILES string of the molecule is CC(C)(C)OC(=O)NC12CC(C(=O)N3C4CC(CC4F)C3C(=O)NCCCN3CCCC3=O)(C1)C2. The van der Waals surface area contributed by atoms with Gasteiger partial charge >= 0.3 is 6.09 Å². The van der Waals surface area contributed by atoms with E-state index in [1.54, 1.807) is 20.8 Å². The Kier molecular flexibility index (Phi) is 5.79. The summed E-state index contributed by atoms with van der Waals surface area (Å²) in [5, 5.41) is 5.85. The number of likely N-dealkylation sites (tertiary alicyclic amines) is 2. The van der Waals surface area contributed by atoms with E-state index < -0.39 is 40.9 Å². The molecule has 4 atom stereocenters. The molecule has 6 aliphatic rings. The van der Waals surface area contributed by atoms with Crippen LogP contribution in [0.25, 0.3) is 0 Å². The highest BCUT2D eigenvalue weighted by Crippen LogP contribution is 2.68. The minimum Gasteiger partial charge on any atom is -0.444 e. The Hall–Kier alpha value is -2.39. The molecule has 4 saturated carbocycles. The van der Waals surface area contributed by atoms with Crippen LogP contribution in [0.1, 0.15) is 72.1 Å². The summed E-state index contributed by atoms with van der Waals surface area (Å²) in [6.45, 7) is 7.20. The molecule has 10 heteroatoms. The van der Waals surface area contributed by atoms with Crippen LogP contribution in [0.3, 0.4) is 0 Å². The number of hydrogen-bond acceptors (Lipinski definition) is 5. The molecular formula is C25H37FN4O5. The number of amides is 4. The summed E-state index contributed by atoms with van der Waals surface area (Å²) in [7, 11) is 0. The Bertz CT molecular complexity index is 914. The average molecular weight is 493 g/mol. The van der Waals surface area contributed by atoms with E-state index in [-0.39, 0.29) is 23.6 Å². The Morgan fingerprint density at radius 2 is 1.89 bits per heavy atom. The number of carbonyl (C=O) groups excluding carboxylic acids is 4. The fourth-order valence-corrected chi connectivity index (χ4v) is 7.06. The van der Waals surface area contributed by atoms with E-state index in [1.807, 2.05) is 4.90 Å². The van der Waals surface area contributed by atoms with Crippen LogP contribution >= 0.6 is 0 Å². The third-order valence-corrected chi connectivity index (χ3v) is 8.42. The summed E-state index contributed by atoms with van der Waals surface area (Å²) >= 11 is 0. The van der Waals surface area contributed by atoms with E-state index in [2.05, 4.69) is 10.6 Å². The van der Waals surface area contributed by atoms with Crippen LogP contribution in [0.15, 0.2) is 0 Å². The maximum absolute atomic E-state index is 14.7. The van der Waals surface area contributed by atoms with Crippen molar-refractivity contribution in [1.29, 1.82) is 0 Å². The van der Waals surface area contributed by atoms with Gasteiger partial charge in [0.05, 0.1) is 11.5 Å². The summed E-state index contributed by atoms with van der Waals surface area (Å²) in [5.41, 5.74) is -1.65. The van der Waals surface area contributed by atoms with Crippen molar-refractivity contribution in [3.05, 3.63) is 0 Å². The van der Waals surface area contributed by atoms with Gasteiger partial charge in [-0.25, -0.2) is 9.18 Å². The molecule has 9 nitrogen and oxygen atoms in total. The van der Waals surface area contributed by atoms with Gasteiger partial charge in [-0.3, -0.25) is 14.4 Å². The summed E-state index contributed by atoms with van der Waals surface area (Å²) in [6.07, 6.45) is 2.87. The number of fused-ring (bicyclic) bond motifs is 2. The van der Waals surface area contributed by atoms with Crippen molar-refractivity contribution < 1.29 is 28.3 Å². The highest BCUT2D eigenvalue weighted by atomic mass is 19.1. The lowest BCUT2D eigenvalue weighted by molar-refractivity contribution is -0.196. The van der Waals surface area contributed by atoms with Gasteiger partial charge in [-0.1, -0.05) is 0 Å². The van der Waals surface area contributed by atoms with Crippen molar-refractivity contribution >= 4 is 23.8 Å². The van der Waals surface area contributed by atoms with Crippen molar-refractivity contribution in [1.82, 2.24) is 20.4 Å². The second-order valence-electron chi connectivity index (χ2n) is 12.3. The number of halogens is 1. The van der Waals surface area contributed by atoms with Crippen LogP contribution in [0, 0.1) is 11.3 Å². The molecule has 4 bridgehead atoms. The first-order chi connectivity index (χ1) is 16.4.